The van der Waals surface area contributed by atoms with Crippen LogP contribution in [0.4, 0.5) is 4.39 Å². The first-order valence-electron chi connectivity index (χ1n) is 5.06. The van der Waals surface area contributed by atoms with Gasteiger partial charge in [-0.2, -0.15) is 0 Å². The first kappa shape index (κ1) is 11.7. The van der Waals surface area contributed by atoms with Crippen LogP contribution in [-0.2, 0) is 4.74 Å². The standard InChI is InChI=1S/C12H15FO2/c1-3-9(2)8-15-12(14)10-5-4-6-11(13)7-10/h4-7,9H,3,8H2,1-2H3. The fourth-order valence-corrected chi connectivity index (χ4v) is 1.03. The molecule has 0 spiro atoms. The van der Waals surface area contributed by atoms with Crippen LogP contribution < -0.4 is 0 Å². The molecular weight excluding hydrogens is 195 g/mol. The summed E-state index contributed by atoms with van der Waals surface area (Å²) in [5, 5.41) is 0. The lowest BCUT2D eigenvalue weighted by Gasteiger charge is -2.09. The molecule has 0 aliphatic rings. The Morgan fingerprint density at radius 1 is 1.53 bits per heavy atom. The third kappa shape index (κ3) is 3.70. The number of carbonyl (C=O) groups excluding carboxylic acids is 1. The second kappa shape index (κ2) is 5.49. The number of rotatable bonds is 4. The molecule has 0 aromatic heterocycles. The summed E-state index contributed by atoms with van der Waals surface area (Å²) in [5.41, 5.74) is 0.262. The molecule has 15 heavy (non-hydrogen) atoms. The molecule has 0 aliphatic carbocycles. The molecule has 1 unspecified atom stereocenters. The van der Waals surface area contributed by atoms with Crippen molar-refractivity contribution in [2.45, 2.75) is 20.3 Å². The molecule has 0 saturated heterocycles. The lowest BCUT2D eigenvalue weighted by Crippen LogP contribution is -2.11. The Kier molecular flexibility index (Phi) is 4.28. The van der Waals surface area contributed by atoms with E-state index in [0.717, 1.165) is 6.42 Å². The van der Waals surface area contributed by atoms with Crippen LogP contribution >= 0.6 is 0 Å². The maximum absolute atomic E-state index is 12.8. The van der Waals surface area contributed by atoms with E-state index in [0.29, 0.717) is 12.5 Å². The van der Waals surface area contributed by atoms with Gasteiger partial charge in [-0.25, -0.2) is 9.18 Å². The second-order valence-corrected chi connectivity index (χ2v) is 3.62. The van der Waals surface area contributed by atoms with Crippen LogP contribution in [0.5, 0.6) is 0 Å². The van der Waals surface area contributed by atoms with Gasteiger partial charge in [0.15, 0.2) is 0 Å². The minimum Gasteiger partial charge on any atom is -0.462 e. The molecule has 0 fully saturated rings. The zero-order valence-electron chi connectivity index (χ0n) is 9.00. The Labute approximate surface area is 89.1 Å². The zero-order chi connectivity index (χ0) is 11.3. The van der Waals surface area contributed by atoms with Crippen molar-refractivity contribution in [3.05, 3.63) is 35.6 Å². The van der Waals surface area contributed by atoms with Crippen LogP contribution in [0.15, 0.2) is 24.3 Å². The van der Waals surface area contributed by atoms with Crippen molar-refractivity contribution in [2.24, 2.45) is 5.92 Å². The van der Waals surface area contributed by atoms with Gasteiger partial charge in [0.25, 0.3) is 0 Å². The third-order valence-electron chi connectivity index (χ3n) is 2.26. The summed E-state index contributed by atoms with van der Waals surface area (Å²) in [7, 11) is 0. The van der Waals surface area contributed by atoms with Crippen molar-refractivity contribution in [3.63, 3.8) is 0 Å². The van der Waals surface area contributed by atoms with Crippen molar-refractivity contribution in [1.29, 1.82) is 0 Å². The molecule has 0 aliphatic heterocycles. The Bertz CT molecular complexity index is 336. The lowest BCUT2D eigenvalue weighted by molar-refractivity contribution is 0.0446. The summed E-state index contributed by atoms with van der Waals surface area (Å²) in [6.45, 7) is 4.41. The van der Waals surface area contributed by atoms with Crippen LogP contribution in [0.25, 0.3) is 0 Å². The van der Waals surface area contributed by atoms with Crippen molar-refractivity contribution in [3.8, 4) is 0 Å². The van der Waals surface area contributed by atoms with Gasteiger partial charge in [0.1, 0.15) is 5.82 Å². The quantitative estimate of drug-likeness (QED) is 0.714. The minimum absolute atomic E-state index is 0.262. The second-order valence-electron chi connectivity index (χ2n) is 3.62. The number of hydrogen-bond acceptors (Lipinski definition) is 2. The molecule has 3 heteroatoms. The van der Waals surface area contributed by atoms with Crippen LogP contribution in [0.1, 0.15) is 30.6 Å². The minimum atomic E-state index is -0.463. The van der Waals surface area contributed by atoms with Crippen molar-refractivity contribution in [1.82, 2.24) is 0 Å². The van der Waals surface area contributed by atoms with Gasteiger partial charge in [-0.05, 0) is 24.1 Å². The summed E-state index contributed by atoms with van der Waals surface area (Å²) < 4.78 is 17.8. The van der Waals surface area contributed by atoms with Crippen LogP contribution in [-0.4, -0.2) is 12.6 Å². The van der Waals surface area contributed by atoms with Crippen LogP contribution in [0.3, 0.4) is 0 Å². The van der Waals surface area contributed by atoms with Crippen molar-refractivity contribution >= 4 is 5.97 Å². The number of carbonyl (C=O) groups is 1. The predicted octanol–water partition coefficient (Wildman–Crippen LogP) is 3.03. The topological polar surface area (TPSA) is 26.3 Å². The van der Waals surface area contributed by atoms with E-state index >= 15 is 0 Å². The Balaban J connectivity index is 2.54. The van der Waals surface area contributed by atoms with Crippen molar-refractivity contribution in [2.75, 3.05) is 6.61 Å². The number of ether oxygens (including phenoxy) is 1. The van der Waals surface area contributed by atoms with E-state index in [2.05, 4.69) is 0 Å². The summed E-state index contributed by atoms with van der Waals surface area (Å²) in [5.74, 6) is -0.551. The summed E-state index contributed by atoms with van der Waals surface area (Å²) in [6, 6.07) is 5.52. The van der Waals surface area contributed by atoms with Gasteiger partial charge in [0.05, 0.1) is 12.2 Å². The van der Waals surface area contributed by atoms with Gasteiger partial charge in [-0.3, -0.25) is 0 Å². The molecule has 1 aromatic carbocycles. The van der Waals surface area contributed by atoms with E-state index in [1.807, 2.05) is 13.8 Å². The van der Waals surface area contributed by atoms with Gasteiger partial charge in [-0.15, -0.1) is 0 Å². The summed E-state index contributed by atoms with van der Waals surface area (Å²) >= 11 is 0. The predicted molar refractivity (Wildman–Crippen MR) is 56.1 cm³/mol. The lowest BCUT2D eigenvalue weighted by atomic mass is 10.1. The van der Waals surface area contributed by atoms with E-state index in [1.165, 1.54) is 18.2 Å². The maximum Gasteiger partial charge on any atom is 0.338 e. The van der Waals surface area contributed by atoms with Gasteiger partial charge < -0.3 is 4.74 Å². The van der Waals surface area contributed by atoms with Crippen molar-refractivity contribution < 1.29 is 13.9 Å². The molecule has 1 rings (SSSR count). The molecule has 0 bridgehead atoms. The van der Waals surface area contributed by atoms with E-state index < -0.39 is 11.8 Å². The molecule has 1 atom stereocenters. The van der Waals surface area contributed by atoms with Gasteiger partial charge >= 0.3 is 5.97 Å². The SMILES string of the molecule is CCC(C)COC(=O)c1cccc(F)c1. The van der Waals surface area contributed by atoms with Crippen LogP contribution in [0, 0.1) is 11.7 Å². The first-order valence-corrected chi connectivity index (χ1v) is 5.06. The molecule has 0 radical (unpaired) electrons. The fraction of sp³-hybridized carbons (Fsp3) is 0.417. The molecule has 0 amide bonds. The highest BCUT2D eigenvalue weighted by Crippen LogP contribution is 2.07. The van der Waals surface area contributed by atoms with Crippen LogP contribution in [0.2, 0.25) is 0 Å². The van der Waals surface area contributed by atoms with Gasteiger partial charge in [0.2, 0.25) is 0 Å². The first-order chi connectivity index (χ1) is 7.13. The smallest absolute Gasteiger partial charge is 0.338 e. The molecule has 1 aromatic rings. The highest BCUT2D eigenvalue weighted by atomic mass is 19.1. The Morgan fingerprint density at radius 3 is 2.87 bits per heavy atom. The number of halogens is 1. The highest BCUT2D eigenvalue weighted by molar-refractivity contribution is 5.89. The summed E-state index contributed by atoms with van der Waals surface area (Å²) in [6.07, 6.45) is 0.955. The Morgan fingerprint density at radius 2 is 2.27 bits per heavy atom. The third-order valence-corrected chi connectivity index (χ3v) is 2.26. The Hall–Kier alpha value is -1.38. The van der Waals surface area contributed by atoms with Gasteiger partial charge in [0, 0.05) is 0 Å². The van der Waals surface area contributed by atoms with Gasteiger partial charge in [-0.1, -0.05) is 26.3 Å². The van der Waals surface area contributed by atoms with E-state index in [4.69, 9.17) is 4.74 Å². The number of benzene rings is 1. The maximum atomic E-state index is 12.8. The average molecular weight is 210 g/mol. The molecule has 0 heterocycles. The molecular formula is C12H15FO2. The summed E-state index contributed by atoms with van der Waals surface area (Å²) in [4.78, 5) is 11.4. The normalized spacial score (nSPS) is 12.2. The van der Waals surface area contributed by atoms with E-state index in [9.17, 15) is 9.18 Å². The largest absolute Gasteiger partial charge is 0.462 e. The van der Waals surface area contributed by atoms with E-state index in [-0.39, 0.29) is 5.56 Å². The number of hydrogen-bond donors (Lipinski definition) is 0. The molecule has 2 nitrogen and oxygen atoms in total. The highest BCUT2D eigenvalue weighted by Gasteiger charge is 2.09. The molecule has 0 N–H and O–H groups in total. The average Bonchev–Trinajstić information content (AvgIpc) is 2.25. The molecule has 0 saturated carbocycles. The fourth-order valence-electron chi connectivity index (χ4n) is 1.03. The monoisotopic (exact) mass is 210 g/mol. The van der Waals surface area contributed by atoms with E-state index in [1.54, 1.807) is 6.07 Å². The zero-order valence-corrected chi connectivity index (χ0v) is 9.00. The molecule has 82 valence electrons. The number of esters is 1.